The lowest BCUT2D eigenvalue weighted by Crippen LogP contribution is -2.15. The third kappa shape index (κ3) is 3.46. The lowest BCUT2D eigenvalue weighted by molar-refractivity contribution is -0.384. The molecule has 0 aliphatic rings. The van der Waals surface area contributed by atoms with Gasteiger partial charge in [0.1, 0.15) is 17.4 Å². The molecule has 112 valence electrons. The van der Waals surface area contributed by atoms with Gasteiger partial charge in [-0.25, -0.2) is 9.37 Å². The van der Waals surface area contributed by atoms with Gasteiger partial charge in [-0.2, -0.15) is 5.26 Å². The van der Waals surface area contributed by atoms with Crippen LogP contribution in [0.15, 0.2) is 36.5 Å². The van der Waals surface area contributed by atoms with Crippen molar-refractivity contribution >= 4 is 17.2 Å². The van der Waals surface area contributed by atoms with Crippen LogP contribution in [0, 0.1) is 27.3 Å². The summed E-state index contributed by atoms with van der Waals surface area (Å²) < 4.78 is 13.4. The summed E-state index contributed by atoms with van der Waals surface area (Å²) in [4.78, 5) is 14.2. The molecule has 0 amide bonds. The van der Waals surface area contributed by atoms with Crippen LogP contribution >= 0.6 is 0 Å². The Hall–Kier alpha value is -3.21. The highest BCUT2D eigenvalue weighted by molar-refractivity contribution is 5.58. The summed E-state index contributed by atoms with van der Waals surface area (Å²) >= 11 is 0. The number of aromatic nitrogens is 1. The topological polar surface area (TPSA) is 104 Å². The van der Waals surface area contributed by atoms with E-state index in [1.54, 1.807) is 12.1 Å². The Morgan fingerprint density at radius 3 is 2.77 bits per heavy atom. The fourth-order valence-corrected chi connectivity index (χ4v) is 1.84. The SMILES string of the molecule is N#Cc1c(F)cccc1NCCNc1ncccc1[N+](=O)[O-]. The third-order valence-electron chi connectivity index (χ3n) is 2.84. The number of nitrogens with zero attached hydrogens (tertiary/aromatic N) is 3. The Kier molecular flexibility index (Phi) is 4.82. The van der Waals surface area contributed by atoms with E-state index in [1.165, 1.54) is 30.5 Å². The summed E-state index contributed by atoms with van der Waals surface area (Å²) in [6.07, 6.45) is 1.45. The average Bonchev–Trinajstić information content (AvgIpc) is 2.52. The molecule has 2 rings (SSSR count). The number of pyridine rings is 1. The van der Waals surface area contributed by atoms with Gasteiger partial charge in [-0.15, -0.1) is 0 Å². The van der Waals surface area contributed by atoms with E-state index in [9.17, 15) is 14.5 Å². The Morgan fingerprint density at radius 1 is 1.27 bits per heavy atom. The van der Waals surface area contributed by atoms with Crippen LogP contribution in [0.2, 0.25) is 0 Å². The number of nitriles is 1. The third-order valence-corrected chi connectivity index (χ3v) is 2.84. The zero-order valence-corrected chi connectivity index (χ0v) is 11.4. The van der Waals surface area contributed by atoms with Gasteiger partial charge in [-0.05, 0) is 18.2 Å². The van der Waals surface area contributed by atoms with Gasteiger partial charge < -0.3 is 10.6 Å². The average molecular weight is 301 g/mol. The second-order valence-corrected chi connectivity index (χ2v) is 4.26. The van der Waals surface area contributed by atoms with E-state index < -0.39 is 10.7 Å². The van der Waals surface area contributed by atoms with E-state index in [2.05, 4.69) is 15.6 Å². The molecule has 0 saturated carbocycles. The van der Waals surface area contributed by atoms with Crippen molar-refractivity contribution in [1.29, 1.82) is 5.26 Å². The second kappa shape index (κ2) is 6.99. The fourth-order valence-electron chi connectivity index (χ4n) is 1.84. The molecule has 0 fully saturated rings. The molecule has 0 radical (unpaired) electrons. The molecule has 0 bridgehead atoms. The summed E-state index contributed by atoms with van der Waals surface area (Å²) in [6, 6.07) is 8.91. The molecule has 0 spiro atoms. The molecule has 0 unspecified atom stereocenters. The molecule has 1 heterocycles. The predicted octanol–water partition coefficient (Wildman–Crippen LogP) is 2.52. The minimum atomic E-state index is -0.596. The summed E-state index contributed by atoms with van der Waals surface area (Å²) in [5.41, 5.74) is 0.192. The molecule has 22 heavy (non-hydrogen) atoms. The number of nitro groups is 1. The molecule has 1 aromatic heterocycles. The molecule has 1 aromatic carbocycles. The smallest absolute Gasteiger partial charge is 0.311 e. The van der Waals surface area contributed by atoms with E-state index in [-0.39, 0.29) is 17.1 Å². The minimum Gasteiger partial charge on any atom is -0.382 e. The molecule has 8 heteroatoms. The van der Waals surface area contributed by atoms with E-state index in [0.717, 1.165) is 0 Å². The van der Waals surface area contributed by atoms with Crippen LogP contribution in [-0.4, -0.2) is 23.0 Å². The molecule has 0 aliphatic heterocycles. The molecule has 2 N–H and O–H groups in total. The van der Waals surface area contributed by atoms with Crippen LogP contribution in [0.4, 0.5) is 21.6 Å². The number of benzene rings is 1. The minimum absolute atomic E-state index is 0.0636. The Balaban J connectivity index is 1.95. The van der Waals surface area contributed by atoms with Gasteiger partial charge in [0, 0.05) is 25.4 Å². The number of hydrogen-bond donors (Lipinski definition) is 2. The summed E-state index contributed by atoms with van der Waals surface area (Å²) in [6.45, 7) is 0.658. The summed E-state index contributed by atoms with van der Waals surface area (Å²) in [5.74, 6) is -0.435. The van der Waals surface area contributed by atoms with Gasteiger partial charge in [0.25, 0.3) is 0 Å². The Morgan fingerprint density at radius 2 is 2.05 bits per heavy atom. The van der Waals surface area contributed by atoms with Gasteiger partial charge in [-0.1, -0.05) is 6.07 Å². The maximum Gasteiger partial charge on any atom is 0.311 e. The van der Waals surface area contributed by atoms with Crippen molar-refractivity contribution in [3.8, 4) is 6.07 Å². The first-order valence-corrected chi connectivity index (χ1v) is 6.39. The Bertz CT molecular complexity index is 729. The summed E-state index contributed by atoms with van der Waals surface area (Å²) in [7, 11) is 0. The van der Waals surface area contributed by atoms with Gasteiger partial charge >= 0.3 is 5.69 Å². The standard InChI is InChI=1S/C14H12FN5O2/c15-11-3-1-4-12(10(11)9-16)17-7-8-19-14-13(20(21)22)5-2-6-18-14/h1-6,17H,7-8H2,(H,18,19). The van der Waals surface area contributed by atoms with Crippen LogP contribution in [-0.2, 0) is 0 Å². The van der Waals surface area contributed by atoms with E-state index in [0.29, 0.717) is 18.8 Å². The van der Waals surface area contributed by atoms with Crippen molar-refractivity contribution < 1.29 is 9.31 Å². The molecular weight excluding hydrogens is 289 g/mol. The number of anilines is 2. The van der Waals surface area contributed by atoms with E-state index in [4.69, 9.17) is 5.26 Å². The van der Waals surface area contributed by atoms with Crippen LogP contribution in [0.1, 0.15) is 5.56 Å². The first-order chi connectivity index (χ1) is 10.6. The lowest BCUT2D eigenvalue weighted by atomic mass is 10.2. The van der Waals surface area contributed by atoms with E-state index >= 15 is 0 Å². The normalized spacial score (nSPS) is 9.82. The van der Waals surface area contributed by atoms with Crippen LogP contribution in [0.3, 0.4) is 0 Å². The van der Waals surface area contributed by atoms with Gasteiger partial charge in [0.15, 0.2) is 0 Å². The molecule has 0 aliphatic carbocycles. The van der Waals surface area contributed by atoms with Gasteiger partial charge in [-0.3, -0.25) is 10.1 Å². The number of hydrogen-bond acceptors (Lipinski definition) is 6. The van der Waals surface area contributed by atoms with Crippen molar-refractivity contribution in [3.05, 3.63) is 58.0 Å². The van der Waals surface area contributed by atoms with Crippen LogP contribution in [0.25, 0.3) is 0 Å². The first-order valence-electron chi connectivity index (χ1n) is 6.39. The van der Waals surface area contributed by atoms with Crippen LogP contribution in [0.5, 0.6) is 0 Å². The first kappa shape index (κ1) is 15.2. The largest absolute Gasteiger partial charge is 0.382 e. The monoisotopic (exact) mass is 301 g/mol. The van der Waals surface area contributed by atoms with E-state index in [1.807, 2.05) is 0 Å². The molecular formula is C14H12FN5O2. The predicted molar refractivity (Wildman–Crippen MR) is 79.0 cm³/mol. The highest BCUT2D eigenvalue weighted by Crippen LogP contribution is 2.20. The number of rotatable bonds is 6. The maximum atomic E-state index is 13.4. The number of nitrogens with one attached hydrogen (secondary N) is 2. The second-order valence-electron chi connectivity index (χ2n) is 4.26. The zero-order valence-electron chi connectivity index (χ0n) is 11.4. The Labute approximate surface area is 125 Å². The van der Waals surface area contributed by atoms with Gasteiger partial charge in [0.05, 0.1) is 10.6 Å². The van der Waals surface area contributed by atoms with Crippen molar-refractivity contribution in [2.75, 3.05) is 23.7 Å². The van der Waals surface area contributed by atoms with Crippen molar-refractivity contribution in [2.45, 2.75) is 0 Å². The van der Waals surface area contributed by atoms with Crippen molar-refractivity contribution in [3.63, 3.8) is 0 Å². The summed E-state index contributed by atoms with van der Waals surface area (Å²) in [5, 5.41) is 25.5. The highest BCUT2D eigenvalue weighted by Gasteiger charge is 2.13. The maximum absolute atomic E-state index is 13.4. The number of halogens is 1. The van der Waals surface area contributed by atoms with Gasteiger partial charge in [0.2, 0.25) is 5.82 Å². The van der Waals surface area contributed by atoms with Crippen molar-refractivity contribution in [2.24, 2.45) is 0 Å². The zero-order chi connectivity index (χ0) is 15.9. The lowest BCUT2D eigenvalue weighted by Gasteiger charge is -2.10. The quantitative estimate of drug-likeness (QED) is 0.482. The molecule has 0 atom stereocenters. The highest BCUT2D eigenvalue weighted by atomic mass is 19.1. The van der Waals surface area contributed by atoms with Crippen LogP contribution < -0.4 is 10.6 Å². The fraction of sp³-hybridized carbons (Fsp3) is 0.143. The molecule has 0 saturated heterocycles. The van der Waals surface area contributed by atoms with Crippen molar-refractivity contribution in [1.82, 2.24) is 4.98 Å². The molecule has 7 nitrogen and oxygen atoms in total. The molecule has 2 aromatic rings.